The molecule has 0 aliphatic carbocycles. The Balaban J connectivity index is 0.00000300. The smallest absolute Gasteiger partial charge is 0.399 e. The number of aromatic nitrogens is 1. The van der Waals surface area contributed by atoms with Gasteiger partial charge in [-0.15, -0.1) is 12.4 Å². The number of carbonyl (C=O) groups is 1. The quantitative estimate of drug-likeness (QED) is 0.498. The number of hydrogen-bond donors (Lipinski definition) is 3. The van der Waals surface area contributed by atoms with Crippen LogP contribution in [0.5, 0.6) is 0 Å². The van der Waals surface area contributed by atoms with Crippen molar-refractivity contribution in [3.05, 3.63) is 77.7 Å². The van der Waals surface area contributed by atoms with Crippen LogP contribution in [0.2, 0.25) is 0 Å². The molecule has 10 heteroatoms. The molecule has 1 amide bonds. The molecule has 3 aromatic rings. The van der Waals surface area contributed by atoms with Crippen LogP contribution >= 0.6 is 12.4 Å². The average Bonchev–Trinajstić information content (AvgIpc) is 2.61. The Morgan fingerprint density at radius 2 is 1.66 bits per heavy atom. The summed E-state index contributed by atoms with van der Waals surface area (Å²) in [5, 5.41) is 5.17. The van der Waals surface area contributed by atoms with E-state index < -0.39 is 23.5 Å². The minimum atomic E-state index is -4.53. The zero-order valence-corrected chi connectivity index (χ0v) is 15.4. The first-order chi connectivity index (χ1) is 13.2. The van der Waals surface area contributed by atoms with E-state index in [1.54, 1.807) is 6.07 Å². The van der Waals surface area contributed by atoms with Crippen molar-refractivity contribution in [2.24, 2.45) is 0 Å². The molecule has 0 fully saturated rings. The number of pyridine rings is 1. The number of hydrogen-bond acceptors (Lipinski definition) is 4. The van der Waals surface area contributed by atoms with Crippen molar-refractivity contribution in [3.63, 3.8) is 0 Å². The van der Waals surface area contributed by atoms with Gasteiger partial charge in [-0.25, -0.2) is 9.37 Å². The number of rotatable bonds is 4. The average molecular weight is 427 g/mol. The van der Waals surface area contributed by atoms with Crippen molar-refractivity contribution in [2.45, 2.75) is 6.18 Å². The third-order valence-electron chi connectivity index (χ3n) is 3.63. The number of alkyl halides is 3. The molecule has 0 spiro atoms. The monoisotopic (exact) mass is 426 g/mol. The fourth-order valence-corrected chi connectivity index (χ4v) is 2.41. The standard InChI is InChI=1S/C19H14F4N4O.ClH/c20-12-4-2-6-15(8-12)25-17-10-13(24)9-16(27-17)18(28)26-14-5-1-3-11(7-14)19(21,22)23;/h1-10H,(H,26,28)(H3,24,25,27);1H. The molecule has 1 heterocycles. The van der Waals surface area contributed by atoms with Gasteiger partial charge in [0.05, 0.1) is 5.56 Å². The number of carbonyl (C=O) groups excluding carboxylic acids is 1. The molecule has 0 unspecified atom stereocenters. The lowest BCUT2D eigenvalue weighted by Gasteiger charge is -2.11. The Morgan fingerprint density at radius 1 is 0.966 bits per heavy atom. The highest BCUT2D eigenvalue weighted by molar-refractivity contribution is 6.03. The highest BCUT2D eigenvalue weighted by Crippen LogP contribution is 2.30. The van der Waals surface area contributed by atoms with E-state index in [-0.39, 0.29) is 35.3 Å². The number of nitrogens with two attached hydrogens (primary N) is 1. The van der Waals surface area contributed by atoms with Crippen LogP contribution in [0.15, 0.2) is 60.7 Å². The molecule has 29 heavy (non-hydrogen) atoms. The summed E-state index contributed by atoms with van der Waals surface area (Å²) in [6, 6.07) is 12.5. The molecule has 0 saturated heterocycles. The van der Waals surface area contributed by atoms with Crippen LogP contribution in [0.25, 0.3) is 0 Å². The number of nitrogen functional groups attached to an aromatic ring is 1. The minimum absolute atomic E-state index is 0. The molecule has 2 aromatic carbocycles. The van der Waals surface area contributed by atoms with Crippen LogP contribution < -0.4 is 16.4 Å². The van der Waals surface area contributed by atoms with E-state index in [9.17, 15) is 22.4 Å². The summed E-state index contributed by atoms with van der Waals surface area (Å²) >= 11 is 0. The lowest BCUT2D eigenvalue weighted by atomic mass is 10.2. The van der Waals surface area contributed by atoms with Crippen LogP contribution in [0.1, 0.15) is 16.1 Å². The van der Waals surface area contributed by atoms with Crippen molar-refractivity contribution < 1.29 is 22.4 Å². The first-order valence-corrected chi connectivity index (χ1v) is 7.99. The van der Waals surface area contributed by atoms with Gasteiger partial charge in [0.25, 0.3) is 5.91 Å². The van der Waals surface area contributed by atoms with Crippen LogP contribution in [-0.4, -0.2) is 10.9 Å². The van der Waals surface area contributed by atoms with Gasteiger partial charge >= 0.3 is 6.18 Å². The highest BCUT2D eigenvalue weighted by Gasteiger charge is 2.30. The van der Waals surface area contributed by atoms with Crippen LogP contribution in [0.3, 0.4) is 0 Å². The Kier molecular flexibility index (Phi) is 6.65. The summed E-state index contributed by atoms with van der Waals surface area (Å²) in [6.07, 6.45) is -4.53. The van der Waals surface area contributed by atoms with Gasteiger partial charge in [-0.1, -0.05) is 12.1 Å². The molecule has 3 rings (SSSR count). The molecular formula is C19H15ClF4N4O. The largest absolute Gasteiger partial charge is 0.416 e. The molecule has 0 saturated carbocycles. The van der Waals surface area contributed by atoms with Crippen molar-refractivity contribution in [1.82, 2.24) is 4.98 Å². The van der Waals surface area contributed by atoms with E-state index in [1.807, 2.05) is 0 Å². The van der Waals surface area contributed by atoms with Crippen molar-refractivity contribution in [1.29, 1.82) is 0 Å². The summed E-state index contributed by atoms with van der Waals surface area (Å²) in [5.74, 6) is -1.02. The van der Waals surface area contributed by atoms with Gasteiger partial charge in [0.2, 0.25) is 0 Å². The Hall–Kier alpha value is -3.33. The second-order valence-corrected chi connectivity index (χ2v) is 5.84. The number of nitrogens with one attached hydrogen (secondary N) is 2. The maximum absolute atomic E-state index is 13.3. The second kappa shape index (κ2) is 8.78. The van der Waals surface area contributed by atoms with Gasteiger partial charge in [-0.2, -0.15) is 13.2 Å². The lowest BCUT2D eigenvalue weighted by Crippen LogP contribution is -2.15. The Bertz CT molecular complexity index is 1030. The lowest BCUT2D eigenvalue weighted by molar-refractivity contribution is -0.137. The van der Waals surface area contributed by atoms with Crippen LogP contribution in [0, 0.1) is 5.82 Å². The van der Waals surface area contributed by atoms with Gasteiger partial charge in [-0.05, 0) is 42.5 Å². The molecule has 5 nitrogen and oxygen atoms in total. The zero-order chi connectivity index (χ0) is 20.3. The fourth-order valence-electron chi connectivity index (χ4n) is 2.41. The molecule has 152 valence electrons. The topological polar surface area (TPSA) is 80.0 Å². The second-order valence-electron chi connectivity index (χ2n) is 5.84. The molecule has 0 bridgehead atoms. The summed E-state index contributed by atoms with van der Waals surface area (Å²) in [6.45, 7) is 0. The van der Waals surface area contributed by atoms with Gasteiger partial charge in [-0.3, -0.25) is 4.79 Å². The zero-order valence-electron chi connectivity index (χ0n) is 14.6. The van der Waals surface area contributed by atoms with E-state index in [0.29, 0.717) is 5.69 Å². The SMILES string of the molecule is Cl.Nc1cc(Nc2cccc(F)c2)nc(C(=O)Nc2cccc(C(F)(F)F)c2)c1. The van der Waals surface area contributed by atoms with Crippen LogP contribution in [0.4, 0.5) is 40.4 Å². The molecule has 0 atom stereocenters. The van der Waals surface area contributed by atoms with E-state index in [2.05, 4.69) is 15.6 Å². The third kappa shape index (κ3) is 5.82. The molecule has 0 radical (unpaired) electrons. The predicted molar refractivity (Wildman–Crippen MR) is 105 cm³/mol. The maximum atomic E-state index is 13.3. The van der Waals surface area contributed by atoms with Gasteiger partial charge in [0, 0.05) is 23.1 Å². The predicted octanol–water partition coefficient (Wildman–Crippen LogP) is 5.24. The summed E-state index contributed by atoms with van der Waals surface area (Å²) in [7, 11) is 0. The van der Waals surface area contributed by atoms with Crippen LogP contribution in [-0.2, 0) is 6.18 Å². The number of amides is 1. The third-order valence-corrected chi connectivity index (χ3v) is 3.63. The van der Waals surface area contributed by atoms with Gasteiger partial charge < -0.3 is 16.4 Å². The number of nitrogens with zero attached hydrogens (tertiary/aromatic N) is 1. The van der Waals surface area contributed by atoms with Crippen molar-refractivity contribution >= 4 is 41.2 Å². The summed E-state index contributed by atoms with van der Waals surface area (Å²) in [5.41, 5.74) is 5.32. The maximum Gasteiger partial charge on any atom is 0.416 e. The molecule has 4 N–H and O–H groups in total. The number of anilines is 4. The summed E-state index contributed by atoms with van der Waals surface area (Å²) < 4.78 is 51.7. The number of benzene rings is 2. The van der Waals surface area contributed by atoms with Gasteiger partial charge in [0.1, 0.15) is 17.3 Å². The van der Waals surface area contributed by atoms with Gasteiger partial charge in [0.15, 0.2) is 0 Å². The highest BCUT2D eigenvalue weighted by atomic mass is 35.5. The minimum Gasteiger partial charge on any atom is -0.399 e. The molecular weight excluding hydrogens is 412 g/mol. The van der Waals surface area contributed by atoms with Crippen molar-refractivity contribution in [2.75, 3.05) is 16.4 Å². The first kappa shape index (κ1) is 22.0. The molecule has 0 aliphatic rings. The van der Waals surface area contributed by atoms with E-state index in [4.69, 9.17) is 5.73 Å². The molecule has 1 aromatic heterocycles. The first-order valence-electron chi connectivity index (χ1n) is 7.99. The number of halogens is 5. The normalized spacial score (nSPS) is 10.8. The van der Waals surface area contributed by atoms with Crippen molar-refractivity contribution in [3.8, 4) is 0 Å². The fraction of sp³-hybridized carbons (Fsp3) is 0.0526. The van der Waals surface area contributed by atoms with E-state index in [1.165, 1.54) is 42.5 Å². The summed E-state index contributed by atoms with van der Waals surface area (Å²) in [4.78, 5) is 16.5. The Morgan fingerprint density at radius 3 is 2.34 bits per heavy atom. The Labute approximate surface area is 169 Å². The van der Waals surface area contributed by atoms with E-state index >= 15 is 0 Å². The molecule has 0 aliphatic heterocycles. The van der Waals surface area contributed by atoms with E-state index in [0.717, 1.165) is 12.1 Å².